The Morgan fingerprint density at radius 1 is 1.12 bits per heavy atom. The Bertz CT molecular complexity index is 420. The van der Waals surface area contributed by atoms with Crippen molar-refractivity contribution in [3.05, 3.63) is 23.8 Å². The van der Waals surface area contributed by atoms with Crippen molar-refractivity contribution in [1.82, 2.24) is 0 Å². The average molecular weight is 259 g/mol. The standard InChI is InChI=1S/C9H7F6NO/c10-7(11)9(14,15)8(12,13)4-2-1-3-5(16)6(4)17/h1-3,7,17H,16H2. The van der Waals surface area contributed by atoms with Crippen LogP contribution in [0.5, 0.6) is 5.75 Å². The number of para-hydroxylation sites is 1. The van der Waals surface area contributed by atoms with Crippen molar-refractivity contribution < 1.29 is 31.4 Å². The van der Waals surface area contributed by atoms with Crippen LogP contribution in [0.15, 0.2) is 18.2 Å². The van der Waals surface area contributed by atoms with Crippen LogP contribution in [-0.4, -0.2) is 17.5 Å². The molecule has 0 amide bonds. The molecular weight excluding hydrogens is 252 g/mol. The molecule has 0 saturated heterocycles. The molecule has 1 rings (SSSR count). The summed E-state index contributed by atoms with van der Waals surface area (Å²) in [6, 6.07) is 2.22. The van der Waals surface area contributed by atoms with Gasteiger partial charge in [-0.2, -0.15) is 17.6 Å². The molecule has 96 valence electrons. The molecule has 0 radical (unpaired) electrons. The zero-order valence-electron chi connectivity index (χ0n) is 8.10. The molecule has 0 heterocycles. The van der Waals surface area contributed by atoms with E-state index in [0.29, 0.717) is 6.07 Å². The summed E-state index contributed by atoms with van der Waals surface area (Å²) >= 11 is 0. The van der Waals surface area contributed by atoms with Crippen LogP contribution in [0.2, 0.25) is 0 Å². The summed E-state index contributed by atoms with van der Waals surface area (Å²) in [5.74, 6) is -12.2. The number of phenols is 1. The Hall–Kier alpha value is -1.60. The second-order valence-corrected chi connectivity index (χ2v) is 3.24. The number of alkyl halides is 6. The number of hydrogen-bond acceptors (Lipinski definition) is 2. The van der Waals surface area contributed by atoms with E-state index in [9.17, 15) is 26.3 Å². The summed E-state index contributed by atoms with van der Waals surface area (Å²) in [7, 11) is 0. The first-order valence-corrected chi connectivity index (χ1v) is 4.24. The van der Waals surface area contributed by atoms with Gasteiger partial charge in [-0.05, 0) is 12.1 Å². The van der Waals surface area contributed by atoms with E-state index in [1.54, 1.807) is 0 Å². The lowest BCUT2D eigenvalue weighted by Crippen LogP contribution is -2.44. The fourth-order valence-corrected chi connectivity index (χ4v) is 1.13. The van der Waals surface area contributed by atoms with Gasteiger partial charge in [0.2, 0.25) is 0 Å². The number of hydrogen-bond donors (Lipinski definition) is 2. The second kappa shape index (κ2) is 4.01. The predicted molar refractivity (Wildman–Crippen MR) is 47.4 cm³/mol. The van der Waals surface area contributed by atoms with E-state index in [-0.39, 0.29) is 0 Å². The Morgan fingerprint density at radius 3 is 2.12 bits per heavy atom. The second-order valence-electron chi connectivity index (χ2n) is 3.24. The van der Waals surface area contributed by atoms with Gasteiger partial charge in [0.25, 0.3) is 0 Å². The van der Waals surface area contributed by atoms with Gasteiger partial charge in [0.1, 0.15) is 5.75 Å². The van der Waals surface area contributed by atoms with E-state index in [1.165, 1.54) is 0 Å². The number of rotatable bonds is 3. The van der Waals surface area contributed by atoms with Crippen LogP contribution in [-0.2, 0) is 5.92 Å². The third-order valence-corrected chi connectivity index (χ3v) is 2.10. The molecule has 0 unspecified atom stereocenters. The molecule has 0 aromatic heterocycles. The van der Waals surface area contributed by atoms with E-state index in [1.807, 2.05) is 0 Å². The van der Waals surface area contributed by atoms with Crippen LogP contribution in [0, 0.1) is 0 Å². The van der Waals surface area contributed by atoms with E-state index >= 15 is 0 Å². The van der Waals surface area contributed by atoms with Gasteiger partial charge in [-0.25, -0.2) is 8.78 Å². The molecule has 0 atom stereocenters. The number of benzene rings is 1. The number of halogens is 6. The highest BCUT2D eigenvalue weighted by atomic mass is 19.3. The van der Waals surface area contributed by atoms with Crippen molar-refractivity contribution in [2.45, 2.75) is 18.3 Å². The van der Waals surface area contributed by atoms with Gasteiger partial charge in [-0.1, -0.05) is 6.07 Å². The van der Waals surface area contributed by atoms with Gasteiger partial charge in [0.15, 0.2) is 0 Å². The normalized spacial score (nSPS) is 13.1. The summed E-state index contributed by atoms with van der Waals surface area (Å²) in [6.45, 7) is 0. The Morgan fingerprint density at radius 2 is 1.65 bits per heavy atom. The van der Waals surface area contributed by atoms with Crippen LogP contribution in [0.25, 0.3) is 0 Å². The minimum Gasteiger partial charge on any atom is -0.505 e. The fourth-order valence-electron chi connectivity index (χ4n) is 1.13. The van der Waals surface area contributed by atoms with E-state index < -0.39 is 35.3 Å². The molecule has 3 N–H and O–H groups in total. The molecule has 2 nitrogen and oxygen atoms in total. The lowest BCUT2D eigenvalue weighted by Gasteiger charge is -2.26. The molecule has 1 aromatic rings. The highest BCUT2D eigenvalue weighted by Crippen LogP contribution is 2.49. The third kappa shape index (κ3) is 1.98. The van der Waals surface area contributed by atoms with Crippen molar-refractivity contribution >= 4 is 5.69 Å². The lowest BCUT2D eigenvalue weighted by atomic mass is 10.0. The third-order valence-electron chi connectivity index (χ3n) is 2.10. The molecule has 0 spiro atoms. The maximum Gasteiger partial charge on any atom is 0.373 e. The number of phenolic OH excluding ortho intramolecular Hbond substituents is 1. The van der Waals surface area contributed by atoms with Crippen LogP contribution < -0.4 is 5.73 Å². The monoisotopic (exact) mass is 259 g/mol. The Balaban J connectivity index is 3.36. The van der Waals surface area contributed by atoms with Gasteiger partial charge in [0.05, 0.1) is 11.3 Å². The van der Waals surface area contributed by atoms with E-state index in [0.717, 1.165) is 12.1 Å². The summed E-state index contributed by atoms with van der Waals surface area (Å²) in [5, 5.41) is 9.10. The Labute approximate surface area is 91.7 Å². The van der Waals surface area contributed by atoms with Gasteiger partial charge >= 0.3 is 18.3 Å². The molecular formula is C9H7F6NO. The topological polar surface area (TPSA) is 46.2 Å². The molecule has 0 aliphatic rings. The highest BCUT2D eigenvalue weighted by Gasteiger charge is 2.64. The van der Waals surface area contributed by atoms with E-state index in [2.05, 4.69) is 0 Å². The number of nitrogen functional groups attached to an aromatic ring is 1. The summed E-state index contributed by atoms with van der Waals surface area (Å²) in [4.78, 5) is 0. The minimum atomic E-state index is -5.60. The molecule has 1 aromatic carbocycles. The van der Waals surface area contributed by atoms with Gasteiger partial charge in [0, 0.05) is 0 Å². The summed E-state index contributed by atoms with van der Waals surface area (Å²) < 4.78 is 75.5. The van der Waals surface area contributed by atoms with Crippen LogP contribution in [0.1, 0.15) is 5.56 Å². The molecule has 0 aliphatic carbocycles. The maximum absolute atomic E-state index is 13.2. The van der Waals surface area contributed by atoms with Crippen molar-refractivity contribution in [2.24, 2.45) is 0 Å². The zero-order valence-corrected chi connectivity index (χ0v) is 8.10. The summed E-state index contributed by atoms with van der Waals surface area (Å²) in [5.41, 5.74) is 2.78. The quantitative estimate of drug-likeness (QED) is 0.498. The van der Waals surface area contributed by atoms with Crippen molar-refractivity contribution in [2.75, 3.05) is 5.73 Å². The predicted octanol–water partition coefficient (Wildman–Crippen LogP) is 2.97. The first kappa shape index (κ1) is 13.5. The summed E-state index contributed by atoms with van der Waals surface area (Å²) in [6.07, 6.45) is -4.57. The van der Waals surface area contributed by atoms with Crippen molar-refractivity contribution in [1.29, 1.82) is 0 Å². The molecule has 0 aliphatic heterocycles. The molecule has 0 fully saturated rings. The first-order chi connectivity index (χ1) is 7.62. The SMILES string of the molecule is Nc1cccc(C(F)(F)C(F)(F)C(F)F)c1O. The Kier molecular flexibility index (Phi) is 3.17. The first-order valence-electron chi connectivity index (χ1n) is 4.24. The van der Waals surface area contributed by atoms with Crippen molar-refractivity contribution in [3.63, 3.8) is 0 Å². The minimum absolute atomic E-state index is 0.405. The van der Waals surface area contributed by atoms with Crippen LogP contribution >= 0.6 is 0 Å². The highest BCUT2D eigenvalue weighted by molar-refractivity contribution is 5.57. The van der Waals surface area contributed by atoms with Crippen LogP contribution in [0.4, 0.5) is 32.0 Å². The molecule has 8 heteroatoms. The van der Waals surface area contributed by atoms with E-state index in [4.69, 9.17) is 10.8 Å². The number of anilines is 1. The largest absolute Gasteiger partial charge is 0.505 e. The van der Waals surface area contributed by atoms with Gasteiger partial charge in [-0.15, -0.1) is 0 Å². The molecule has 17 heavy (non-hydrogen) atoms. The zero-order chi connectivity index (χ0) is 13.4. The number of nitrogens with two attached hydrogens (primary N) is 1. The maximum atomic E-state index is 13.2. The molecule has 0 bridgehead atoms. The van der Waals surface area contributed by atoms with Crippen LogP contribution in [0.3, 0.4) is 0 Å². The average Bonchev–Trinajstić information content (AvgIpc) is 2.21. The lowest BCUT2D eigenvalue weighted by molar-refractivity contribution is -0.270. The molecule has 0 saturated carbocycles. The van der Waals surface area contributed by atoms with Crippen molar-refractivity contribution in [3.8, 4) is 5.75 Å². The van der Waals surface area contributed by atoms with Gasteiger partial charge < -0.3 is 10.8 Å². The fraction of sp³-hybridized carbons (Fsp3) is 0.333. The van der Waals surface area contributed by atoms with Gasteiger partial charge in [-0.3, -0.25) is 0 Å². The smallest absolute Gasteiger partial charge is 0.373 e. The number of aromatic hydroxyl groups is 1.